The van der Waals surface area contributed by atoms with E-state index in [0.717, 1.165) is 24.9 Å². The number of nitrogen functional groups attached to an aromatic ring is 1. The molecule has 0 saturated carbocycles. The molecule has 104 valence electrons. The Balaban J connectivity index is 2.20. The molecule has 2 rings (SSSR count). The van der Waals surface area contributed by atoms with Crippen LogP contribution in [0, 0.1) is 11.3 Å². The van der Waals surface area contributed by atoms with Gasteiger partial charge in [0.1, 0.15) is 17.5 Å². The number of nitrogens with two attached hydrogens (primary N) is 1. The molecule has 5 heteroatoms. The predicted octanol–water partition coefficient (Wildman–Crippen LogP) is 2.60. The molecule has 0 aliphatic carbocycles. The highest BCUT2D eigenvalue weighted by atomic mass is 15.3. The van der Waals surface area contributed by atoms with Crippen LogP contribution >= 0.6 is 0 Å². The van der Waals surface area contributed by atoms with Crippen LogP contribution in [0.4, 0.5) is 11.6 Å². The number of anilines is 2. The zero-order chi connectivity index (χ0) is 14.4. The number of nitrogens with zero attached hydrogens (tertiary/aromatic N) is 3. The van der Waals surface area contributed by atoms with Crippen LogP contribution in [0.15, 0.2) is 30.3 Å². The second-order valence-corrected chi connectivity index (χ2v) is 4.64. The monoisotopic (exact) mass is 269 g/mol. The lowest BCUT2D eigenvalue weighted by Crippen LogP contribution is -2.07. The number of hydrogen-bond acceptors (Lipinski definition) is 4. The van der Waals surface area contributed by atoms with Gasteiger partial charge in [-0.05, 0) is 12.0 Å². The van der Waals surface area contributed by atoms with Gasteiger partial charge in [-0.25, -0.2) is 4.68 Å². The van der Waals surface area contributed by atoms with Crippen LogP contribution in [-0.4, -0.2) is 16.3 Å². The van der Waals surface area contributed by atoms with Crippen LogP contribution in [0.25, 0.3) is 0 Å². The van der Waals surface area contributed by atoms with Gasteiger partial charge in [0, 0.05) is 6.54 Å². The number of benzene rings is 1. The highest BCUT2D eigenvalue weighted by molar-refractivity contribution is 5.63. The van der Waals surface area contributed by atoms with Crippen molar-refractivity contribution in [3.8, 4) is 6.07 Å². The van der Waals surface area contributed by atoms with Gasteiger partial charge in [0.15, 0.2) is 5.82 Å². The number of nitriles is 1. The minimum atomic E-state index is 0.412. The van der Waals surface area contributed by atoms with Gasteiger partial charge in [-0.1, -0.05) is 43.7 Å². The number of aromatic nitrogens is 2. The van der Waals surface area contributed by atoms with E-state index in [1.165, 1.54) is 0 Å². The van der Waals surface area contributed by atoms with E-state index < -0.39 is 0 Å². The first kappa shape index (κ1) is 13.9. The van der Waals surface area contributed by atoms with Crippen molar-refractivity contribution in [3.05, 3.63) is 41.5 Å². The van der Waals surface area contributed by atoms with Gasteiger partial charge in [-0.2, -0.15) is 10.4 Å². The fourth-order valence-electron chi connectivity index (χ4n) is 1.97. The first-order valence-corrected chi connectivity index (χ1v) is 6.80. The molecule has 0 saturated heterocycles. The Morgan fingerprint density at radius 2 is 2.10 bits per heavy atom. The summed E-state index contributed by atoms with van der Waals surface area (Å²) in [6.45, 7) is 3.49. The first-order chi connectivity index (χ1) is 9.76. The molecular formula is C15H19N5. The van der Waals surface area contributed by atoms with Gasteiger partial charge in [-0.3, -0.25) is 0 Å². The minimum Gasteiger partial charge on any atom is -0.383 e. The lowest BCUT2D eigenvalue weighted by atomic mass is 10.2. The minimum absolute atomic E-state index is 0.412. The maximum Gasteiger partial charge on any atom is 0.168 e. The van der Waals surface area contributed by atoms with E-state index in [9.17, 15) is 5.26 Å². The second kappa shape index (κ2) is 6.62. The van der Waals surface area contributed by atoms with Gasteiger partial charge in [0.05, 0.1) is 6.54 Å². The molecule has 1 heterocycles. The number of rotatable bonds is 6. The van der Waals surface area contributed by atoms with Crippen LogP contribution in [-0.2, 0) is 6.54 Å². The van der Waals surface area contributed by atoms with Crippen LogP contribution < -0.4 is 11.1 Å². The Hall–Kier alpha value is -2.48. The van der Waals surface area contributed by atoms with Crippen molar-refractivity contribution >= 4 is 11.6 Å². The molecular weight excluding hydrogens is 250 g/mol. The molecule has 0 aliphatic heterocycles. The van der Waals surface area contributed by atoms with Crippen molar-refractivity contribution in [3.63, 3.8) is 0 Å². The zero-order valence-corrected chi connectivity index (χ0v) is 11.6. The third-order valence-corrected chi connectivity index (χ3v) is 3.10. The molecule has 5 nitrogen and oxygen atoms in total. The fraction of sp³-hybridized carbons (Fsp3) is 0.333. The Morgan fingerprint density at radius 3 is 2.75 bits per heavy atom. The summed E-state index contributed by atoms with van der Waals surface area (Å²) < 4.78 is 1.67. The van der Waals surface area contributed by atoms with Crippen LogP contribution in [0.1, 0.15) is 30.9 Å². The Labute approximate surface area is 119 Å². The topological polar surface area (TPSA) is 79.7 Å². The normalized spacial score (nSPS) is 10.2. The quantitative estimate of drug-likeness (QED) is 0.790. The Kier molecular flexibility index (Phi) is 4.61. The maximum atomic E-state index is 9.21. The van der Waals surface area contributed by atoms with Crippen molar-refractivity contribution in [1.29, 1.82) is 5.26 Å². The van der Waals surface area contributed by atoms with Crippen molar-refractivity contribution < 1.29 is 0 Å². The van der Waals surface area contributed by atoms with Crippen molar-refractivity contribution in [2.45, 2.75) is 26.3 Å². The summed E-state index contributed by atoms with van der Waals surface area (Å²) in [5.74, 6) is 0.990. The lowest BCUT2D eigenvalue weighted by Gasteiger charge is -2.03. The summed E-state index contributed by atoms with van der Waals surface area (Å²) in [5.41, 5.74) is 7.54. The van der Waals surface area contributed by atoms with Crippen molar-refractivity contribution in [2.24, 2.45) is 0 Å². The van der Waals surface area contributed by atoms with Gasteiger partial charge in [-0.15, -0.1) is 0 Å². The number of unbranched alkanes of at least 4 members (excludes halogenated alkanes) is 1. The van der Waals surface area contributed by atoms with Gasteiger partial charge < -0.3 is 11.1 Å². The molecule has 0 fully saturated rings. The summed E-state index contributed by atoms with van der Waals surface area (Å²) in [4.78, 5) is 0. The van der Waals surface area contributed by atoms with Crippen LogP contribution in [0.3, 0.4) is 0 Å². The van der Waals surface area contributed by atoms with Crippen LogP contribution in [0.5, 0.6) is 0 Å². The van der Waals surface area contributed by atoms with Gasteiger partial charge >= 0.3 is 0 Å². The highest BCUT2D eigenvalue weighted by Gasteiger charge is 2.15. The largest absolute Gasteiger partial charge is 0.383 e. The van der Waals surface area contributed by atoms with E-state index in [1.54, 1.807) is 4.68 Å². The molecule has 0 spiro atoms. The van der Waals surface area contributed by atoms with Crippen molar-refractivity contribution in [1.82, 2.24) is 9.78 Å². The molecule has 0 unspecified atom stereocenters. The molecule has 0 bridgehead atoms. The molecule has 1 aromatic carbocycles. The molecule has 3 N–H and O–H groups in total. The standard InChI is InChI=1S/C15H19N5/c1-2-3-9-18-15-13(10-16)14(17)20(19-15)11-12-7-5-4-6-8-12/h4-8H,2-3,9,11,17H2,1H3,(H,18,19). The summed E-state index contributed by atoms with van der Waals surface area (Å²) >= 11 is 0. The molecule has 0 amide bonds. The lowest BCUT2D eigenvalue weighted by molar-refractivity contribution is 0.697. The summed E-state index contributed by atoms with van der Waals surface area (Å²) in [6, 6.07) is 12.1. The average Bonchev–Trinajstić information content (AvgIpc) is 2.76. The first-order valence-electron chi connectivity index (χ1n) is 6.80. The van der Waals surface area contributed by atoms with E-state index >= 15 is 0 Å². The fourth-order valence-corrected chi connectivity index (χ4v) is 1.97. The molecule has 0 radical (unpaired) electrons. The summed E-state index contributed by atoms with van der Waals surface area (Å²) in [5, 5.41) is 16.8. The number of nitrogens with one attached hydrogen (secondary N) is 1. The molecule has 2 aromatic rings. The molecule has 20 heavy (non-hydrogen) atoms. The zero-order valence-electron chi connectivity index (χ0n) is 11.6. The second-order valence-electron chi connectivity index (χ2n) is 4.64. The third kappa shape index (κ3) is 3.09. The highest BCUT2D eigenvalue weighted by Crippen LogP contribution is 2.21. The molecule has 0 aliphatic rings. The van der Waals surface area contributed by atoms with E-state index in [4.69, 9.17) is 5.73 Å². The van der Waals surface area contributed by atoms with Gasteiger partial charge in [0.2, 0.25) is 0 Å². The molecule has 0 atom stereocenters. The Bertz CT molecular complexity index is 595. The van der Waals surface area contributed by atoms with E-state index in [1.807, 2.05) is 30.3 Å². The van der Waals surface area contributed by atoms with E-state index in [0.29, 0.717) is 23.7 Å². The SMILES string of the molecule is CCCCNc1nn(Cc2ccccc2)c(N)c1C#N. The molecule has 1 aromatic heterocycles. The maximum absolute atomic E-state index is 9.21. The van der Waals surface area contributed by atoms with Gasteiger partial charge in [0.25, 0.3) is 0 Å². The average molecular weight is 269 g/mol. The smallest absolute Gasteiger partial charge is 0.168 e. The number of hydrogen-bond donors (Lipinski definition) is 2. The van der Waals surface area contributed by atoms with E-state index in [2.05, 4.69) is 23.4 Å². The van der Waals surface area contributed by atoms with Crippen molar-refractivity contribution in [2.75, 3.05) is 17.6 Å². The Morgan fingerprint density at radius 1 is 1.35 bits per heavy atom. The summed E-state index contributed by atoms with van der Waals surface area (Å²) in [6.07, 6.45) is 2.13. The van der Waals surface area contributed by atoms with E-state index in [-0.39, 0.29) is 0 Å². The summed E-state index contributed by atoms with van der Waals surface area (Å²) in [7, 11) is 0. The van der Waals surface area contributed by atoms with Crippen LogP contribution in [0.2, 0.25) is 0 Å². The third-order valence-electron chi connectivity index (χ3n) is 3.10. The predicted molar refractivity (Wildman–Crippen MR) is 80.3 cm³/mol.